The molecule has 0 aliphatic carbocycles. The quantitative estimate of drug-likeness (QED) is 0.698. The van der Waals surface area contributed by atoms with Gasteiger partial charge < -0.3 is 5.73 Å². The lowest BCUT2D eigenvalue weighted by atomic mass is 10.3. The van der Waals surface area contributed by atoms with Crippen LogP contribution in [0.3, 0.4) is 0 Å². The van der Waals surface area contributed by atoms with Gasteiger partial charge in [0.05, 0.1) is 4.47 Å². The van der Waals surface area contributed by atoms with Crippen LogP contribution in [0.5, 0.6) is 0 Å². The van der Waals surface area contributed by atoms with E-state index < -0.39 is 5.82 Å². The number of nitrogen functional groups attached to an aromatic ring is 1. The van der Waals surface area contributed by atoms with Crippen LogP contribution < -0.4 is 5.73 Å². The molecule has 0 aliphatic rings. The lowest BCUT2D eigenvalue weighted by Crippen LogP contribution is -1.95. The largest absolute Gasteiger partial charge is 0.383 e. The predicted octanol–water partition coefficient (Wildman–Crippen LogP) is 1.67. The first kappa shape index (κ1) is 7.47. The van der Waals surface area contributed by atoms with Gasteiger partial charge in [-0.1, -0.05) is 0 Å². The monoisotopic (exact) mass is 203 g/mol. The van der Waals surface area contributed by atoms with E-state index >= 15 is 0 Å². The van der Waals surface area contributed by atoms with Crippen LogP contribution >= 0.6 is 15.9 Å². The Labute approximate surface area is 66.4 Å². The molecule has 0 amide bonds. The average Bonchev–Trinajstić information content (AvgIpc) is 1.93. The van der Waals surface area contributed by atoms with Gasteiger partial charge in [-0.05, 0) is 22.9 Å². The maximum Gasteiger partial charge on any atom is 0.155 e. The first-order valence-corrected chi connectivity index (χ1v) is 3.41. The van der Waals surface area contributed by atoms with Gasteiger partial charge in [0.1, 0.15) is 12.0 Å². The molecule has 0 atom stereocenters. The van der Waals surface area contributed by atoms with Gasteiger partial charge in [0.15, 0.2) is 5.82 Å². The van der Waals surface area contributed by atoms with Crippen LogP contribution in [0.15, 0.2) is 4.47 Å². The zero-order valence-corrected chi connectivity index (χ0v) is 6.87. The molecule has 53 valence electrons. The number of hydrogen-bond acceptors (Lipinski definition) is 2. The zero-order chi connectivity index (χ0) is 7.72. The minimum Gasteiger partial charge on any atom is -0.383 e. The van der Waals surface area contributed by atoms with E-state index in [4.69, 9.17) is 5.73 Å². The summed E-state index contributed by atoms with van der Waals surface area (Å²) in [5.41, 5.74) is 5.77. The fraction of sp³-hybridized carbons (Fsp3) is 0.167. The molecule has 1 radical (unpaired) electrons. The second kappa shape index (κ2) is 2.54. The minimum absolute atomic E-state index is 0.263. The van der Waals surface area contributed by atoms with Crippen LogP contribution in [0.2, 0.25) is 0 Å². The first-order chi connectivity index (χ1) is 4.63. The Balaban J connectivity index is 3.34. The zero-order valence-electron chi connectivity index (χ0n) is 5.28. The molecule has 10 heavy (non-hydrogen) atoms. The molecule has 0 unspecified atom stereocenters. The van der Waals surface area contributed by atoms with Crippen molar-refractivity contribution in [2.45, 2.75) is 6.92 Å². The van der Waals surface area contributed by atoms with E-state index in [2.05, 4.69) is 27.1 Å². The average molecular weight is 204 g/mol. The smallest absolute Gasteiger partial charge is 0.155 e. The van der Waals surface area contributed by atoms with Crippen LogP contribution in [-0.2, 0) is 0 Å². The Bertz CT molecular complexity index is 235. The topological polar surface area (TPSA) is 38.9 Å². The maximum absolute atomic E-state index is 12.6. The fourth-order valence-electron chi connectivity index (χ4n) is 0.531. The molecular weight excluding hydrogens is 199 g/mol. The number of rotatable bonds is 0. The molecule has 0 spiro atoms. The van der Waals surface area contributed by atoms with E-state index in [0.29, 0.717) is 10.0 Å². The highest BCUT2D eigenvalue weighted by molar-refractivity contribution is 9.10. The molecule has 1 aromatic heterocycles. The summed E-state index contributed by atoms with van der Waals surface area (Å²) in [6.07, 6.45) is 2.14. The van der Waals surface area contributed by atoms with E-state index in [9.17, 15) is 4.39 Å². The Hall–Kier alpha value is -0.640. The van der Waals surface area contributed by atoms with Crippen LogP contribution in [0, 0.1) is 18.9 Å². The van der Waals surface area contributed by atoms with Crippen LogP contribution in [-0.4, -0.2) is 4.98 Å². The van der Waals surface area contributed by atoms with E-state index in [-0.39, 0.29) is 5.82 Å². The van der Waals surface area contributed by atoms with Crippen molar-refractivity contribution >= 4 is 21.7 Å². The molecule has 4 heteroatoms. The van der Waals surface area contributed by atoms with Crippen molar-refractivity contribution in [1.29, 1.82) is 0 Å². The van der Waals surface area contributed by atoms with Crippen molar-refractivity contribution in [2.24, 2.45) is 0 Å². The van der Waals surface area contributed by atoms with Gasteiger partial charge in [-0.25, -0.2) is 9.37 Å². The molecule has 1 heterocycles. The summed E-state index contributed by atoms with van der Waals surface area (Å²) in [4.78, 5) is 3.47. The summed E-state index contributed by atoms with van der Waals surface area (Å²) in [6.45, 7) is 1.61. The van der Waals surface area contributed by atoms with Crippen molar-refractivity contribution < 1.29 is 4.39 Å². The van der Waals surface area contributed by atoms with Gasteiger partial charge >= 0.3 is 0 Å². The van der Waals surface area contributed by atoms with Gasteiger partial charge in [-0.15, -0.1) is 0 Å². The second-order valence-corrected chi connectivity index (χ2v) is 2.65. The number of pyridine rings is 1. The van der Waals surface area contributed by atoms with Gasteiger partial charge in [0, 0.05) is 5.56 Å². The van der Waals surface area contributed by atoms with E-state index in [0.717, 1.165) is 0 Å². The number of hydrogen-bond donors (Lipinski definition) is 1. The van der Waals surface area contributed by atoms with E-state index in [1.165, 1.54) is 0 Å². The highest BCUT2D eigenvalue weighted by Gasteiger charge is 2.05. The number of aromatic nitrogens is 1. The molecule has 0 bridgehead atoms. The van der Waals surface area contributed by atoms with Gasteiger partial charge in [-0.2, -0.15) is 0 Å². The normalized spacial score (nSPS) is 9.90. The SMILES string of the molecule is Cc1c(F)[c]nc(N)c1Br. The van der Waals surface area contributed by atoms with Crippen molar-refractivity contribution in [3.05, 3.63) is 22.1 Å². The third kappa shape index (κ3) is 1.11. The molecule has 1 rings (SSSR count). The second-order valence-electron chi connectivity index (χ2n) is 1.86. The van der Waals surface area contributed by atoms with Gasteiger partial charge in [0.2, 0.25) is 0 Å². The third-order valence-corrected chi connectivity index (χ3v) is 2.16. The van der Waals surface area contributed by atoms with E-state index in [1.807, 2.05) is 0 Å². The Morgan fingerprint density at radius 3 is 2.80 bits per heavy atom. The maximum atomic E-state index is 12.6. The highest BCUT2D eigenvalue weighted by atomic mass is 79.9. The van der Waals surface area contributed by atoms with Gasteiger partial charge in [-0.3, -0.25) is 0 Å². The summed E-state index contributed by atoms with van der Waals surface area (Å²) in [6, 6.07) is 0. The molecule has 0 fully saturated rings. The molecule has 2 N–H and O–H groups in total. The summed E-state index contributed by atoms with van der Waals surface area (Å²) in [5, 5.41) is 0. The first-order valence-electron chi connectivity index (χ1n) is 2.61. The number of halogens is 2. The summed E-state index contributed by atoms with van der Waals surface area (Å²) in [5.74, 6) is -0.208. The van der Waals surface area contributed by atoms with E-state index in [1.54, 1.807) is 6.92 Å². The predicted molar refractivity (Wildman–Crippen MR) is 39.9 cm³/mol. The standard InChI is InChI=1S/C6H5BrFN2/c1-3-4(8)2-10-6(9)5(3)7/h1H3,(H2,9,10). The van der Waals surface area contributed by atoms with Crippen molar-refractivity contribution in [2.75, 3.05) is 5.73 Å². The molecule has 1 aromatic rings. The molecule has 2 nitrogen and oxygen atoms in total. The fourth-order valence-corrected chi connectivity index (χ4v) is 0.793. The Morgan fingerprint density at radius 1 is 1.70 bits per heavy atom. The van der Waals surface area contributed by atoms with Crippen LogP contribution in [0.1, 0.15) is 5.56 Å². The third-order valence-electron chi connectivity index (χ3n) is 1.16. The molecule has 0 aliphatic heterocycles. The number of nitrogens with zero attached hydrogens (tertiary/aromatic N) is 1. The summed E-state index contributed by atoms with van der Waals surface area (Å²) >= 11 is 3.08. The summed E-state index contributed by atoms with van der Waals surface area (Å²) < 4.78 is 13.1. The van der Waals surface area contributed by atoms with Gasteiger partial charge in [0.25, 0.3) is 0 Å². The van der Waals surface area contributed by atoms with Crippen molar-refractivity contribution in [3.63, 3.8) is 0 Å². The highest BCUT2D eigenvalue weighted by Crippen LogP contribution is 2.22. The number of anilines is 1. The summed E-state index contributed by atoms with van der Waals surface area (Å²) in [7, 11) is 0. The Morgan fingerprint density at radius 2 is 2.30 bits per heavy atom. The minimum atomic E-state index is -0.471. The lowest BCUT2D eigenvalue weighted by Gasteiger charge is -1.99. The molecule has 0 aromatic carbocycles. The lowest BCUT2D eigenvalue weighted by molar-refractivity contribution is 0.608. The van der Waals surface area contributed by atoms with Crippen LogP contribution in [0.25, 0.3) is 0 Å². The van der Waals surface area contributed by atoms with Crippen molar-refractivity contribution in [1.82, 2.24) is 4.98 Å². The molecule has 0 saturated heterocycles. The van der Waals surface area contributed by atoms with Crippen LogP contribution in [0.4, 0.5) is 10.2 Å². The van der Waals surface area contributed by atoms with Crippen molar-refractivity contribution in [3.8, 4) is 0 Å². The molecular formula is C6H5BrFN2. The number of nitrogens with two attached hydrogens (primary N) is 1. The Kier molecular flexibility index (Phi) is 1.89. The molecule has 0 saturated carbocycles.